The molecule has 8 heteroatoms. The van der Waals surface area contributed by atoms with E-state index in [9.17, 15) is 9.59 Å². The highest BCUT2D eigenvalue weighted by Gasteiger charge is 2.21. The number of carbonyl (C=O) groups is 1. The van der Waals surface area contributed by atoms with Gasteiger partial charge >= 0.3 is 0 Å². The Morgan fingerprint density at radius 3 is 3.00 bits per heavy atom. The zero-order valence-electron chi connectivity index (χ0n) is 16.9. The number of H-pyrrole nitrogens is 1. The lowest BCUT2D eigenvalue weighted by Gasteiger charge is -2.13. The number of amides is 1. The summed E-state index contributed by atoms with van der Waals surface area (Å²) in [5.41, 5.74) is 2.19. The number of fused-ring (bicyclic) bond motifs is 3. The van der Waals surface area contributed by atoms with E-state index in [0.29, 0.717) is 23.8 Å². The molecule has 4 rings (SSSR count). The van der Waals surface area contributed by atoms with Crippen molar-refractivity contribution in [3.63, 3.8) is 0 Å². The van der Waals surface area contributed by atoms with E-state index in [1.807, 2.05) is 26.8 Å². The first-order valence-electron chi connectivity index (χ1n) is 9.90. The van der Waals surface area contributed by atoms with Gasteiger partial charge in [-0.3, -0.25) is 9.59 Å². The summed E-state index contributed by atoms with van der Waals surface area (Å²) in [7, 11) is 0. The van der Waals surface area contributed by atoms with E-state index in [-0.39, 0.29) is 17.5 Å². The Labute approximate surface area is 177 Å². The van der Waals surface area contributed by atoms with Crippen LogP contribution in [0.3, 0.4) is 0 Å². The van der Waals surface area contributed by atoms with Crippen molar-refractivity contribution in [2.24, 2.45) is 0 Å². The normalized spacial score (nSPS) is 14.3. The molecule has 1 aliphatic carbocycles. The van der Waals surface area contributed by atoms with Gasteiger partial charge in [-0.15, -0.1) is 11.3 Å². The van der Waals surface area contributed by atoms with E-state index in [2.05, 4.69) is 15.3 Å². The number of aromatic amines is 1. The number of nitrogens with zero attached hydrogens (tertiary/aromatic N) is 1. The Morgan fingerprint density at radius 1 is 1.41 bits per heavy atom. The van der Waals surface area contributed by atoms with E-state index >= 15 is 0 Å². The fourth-order valence-electron chi connectivity index (χ4n) is 3.92. The summed E-state index contributed by atoms with van der Waals surface area (Å²) in [6.45, 7) is 5.78. The van der Waals surface area contributed by atoms with Crippen LogP contribution in [0.5, 0.6) is 0 Å². The van der Waals surface area contributed by atoms with Crippen molar-refractivity contribution in [3.8, 4) is 0 Å². The maximum absolute atomic E-state index is 12.5. The number of carbonyl (C=O) groups excluding carboxylic acids is 1. The molecule has 0 radical (unpaired) electrons. The van der Waals surface area contributed by atoms with Crippen LogP contribution in [0.1, 0.15) is 59.2 Å². The van der Waals surface area contributed by atoms with Crippen LogP contribution >= 0.6 is 23.1 Å². The lowest BCUT2D eigenvalue weighted by molar-refractivity contribution is -0.121. The Balaban J connectivity index is 1.29. The second kappa shape index (κ2) is 8.36. The summed E-state index contributed by atoms with van der Waals surface area (Å²) in [5, 5.41) is 3.81. The number of thiophene rings is 1. The van der Waals surface area contributed by atoms with Crippen molar-refractivity contribution in [2.45, 2.75) is 58.2 Å². The van der Waals surface area contributed by atoms with Gasteiger partial charge < -0.3 is 14.7 Å². The zero-order valence-corrected chi connectivity index (χ0v) is 18.5. The minimum absolute atomic E-state index is 0.00911. The molecular formula is C21H25N3O3S2. The van der Waals surface area contributed by atoms with Crippen molar-refractivity contribution >= 4 is 39.2 Å². The van der Waals surface area contributed by atoms with Gasteiger partial charge in [0.25, 0.3) is 5.56 Å². The van der Waals surface area contributed by atoms with Gasteiger partial charge in [0.2, 0.25) is 5.91 Å². The quantitative estimate of drug-likeness (QED) is 0.548. The SMILES string of the molecule is Cc1cc(C(C)NC(=O)CCSCc2nc3sc4c(c3c(=O)[nH]2)CCC4)c(C)o1. The monoisotopic (exact) mass is 431 g/mol. The first kappa shape index (κ1) is 20.2. The summed E-state index contributed by atoms with van der Waals surface area (Å²) in [6.07, 6.45) is 3.60. The molecule has 0 spiro atoms. The van der Waals surface area contributed by atoms with Crippen molar-refractivity contribution in [2.75, 3.05) is 5.75 Å². The van der Waals surface area contributed by atoms with E-state index in [4.69, 9.17) is 4.42 Å². The van der Waals surface area contributed by atoms with Crippen LogP contribution in [0.15, 0.2) is 15.3 Å². The maximum Gasteiger partial charge on any atom is 0.259 e. The number of rotatable bonds is 7. The second-order valence-corrected chi connectivity index (χ2v) is 9.70. The van der Waals surface area contributed by atoms with Gasteiger partial charge in [0.05, 0.1) is 17.2 Å². The largest absolute Gasteiger partial charge is 0.466 e. The number of aromatic nitrogens is 2. The topological polar surface area (TPSA) is 88.0 Å². The van der Waals surface area contributed by atoms with Crippen LogP contribution in [0, 0.1) is 13.8 Å². The van der Waals surface area contributed by atoms with Gasteiger partial charge in [-0.1, -0.05) is 0 Å². The third-order valence-corrected chi connectivity index (χ3v) is 7.42. The molecule has 0 saturated carbocycles. The lowest BCUT2D eigenvalue weighted by Crippen LogP contribution is -2.27. The molecule has 0 bridgehead atoms. The van der Waals surface area contributed by atoms with Gasteiger partial charge in [-0.2, -0.15) is 11.8 Å². The number of nitrogens with one attached hydrogen (secondary N) is 2. The Hall–Kier alpha value is -2.06. The molecule has 2 N–H and O–H groups in total. The van der Waals surface area contributed by atoms with Crippen molar-refractivity contribution in [1.29, 1.82) is 0 Å². The molecule has 1 amide bonds. The van der Waals surface area contributed by atoms with Gasteiger partial charge in [-0.25, -0.2) is 4.98 Å². The fourth-order valence-corrected chi connectivity index (χ4v) is 6.01. The highest BCUT2D eigenvalue weighted by Crippen LogP contribution is 2.34. The van der Waals surface area contributed by atoms with Gasteiger partial charge in [0.15, 0.2) is 0 Å². The number of furan rings is 1. The molecule has 1 aliphatic rings. The first-order valence-corrected chi connectivity index (χ1v) is 11.9. The zero-order chi connectivity index (χ0) is 20.5. The molecule has 0 aromatic carbocycles. The molecule has 0 aliphatic heterocycles. The van der Waals surface area contributed by atoms with Crippen LogP contribution in [0.4, 0.5) is 0 Å². The average molecular weight is 432 g/mol. The molecule has 0 fully saturated rings. The van der Waals surface area contributed by atoms with Crippen LogP contribution in [0.2, 0.25) is 0 Å². The van der Waals surface area contributed by atoms with Gasteiger partial charge in [0.1, 0.15) is 22.2 Å². The third kappa shape index (κ3) is 4.28. The first-order chi connectivity index (χ1) is 13.9. The highest BCUT2D eigenvalue weighted by atomic mass is 32.2. The van der Waals surface area contributed by atoms with Crippen LogP contribution in [0.25, 0.3) is 10.2 Å². The van der Waals surface area contributed by atoms with Crippen LogP contribution in [-0.4, -0.2) is 21.6 Å². The molecule has 154 valence electrons. The van der Waals surface area contributed by atoms with Crippen LogP contribution in [-0.2, 0) is 23.4 Å². The van der Waals surface area contributed by atoms with Gasteiger partial charge in [-0.05, 0) is 51.7 Å². The molecule has 3 aromatic rings. The standard InChI is InChI=1S/C21H25N3O3S2/c1-11-9-15(13(3)27-11)12(2)22-18(25)7-8-28-10-17-23-20(26)19-14-5-4-6-16(14)29-21(19)24-17/h9,12H,4-8,10H2,1-3H3,(H,22,25)(H,23,24,26). The number of thioether (sulfide) groups is 1. The van der Waals surface area contributed by atoms with E-state index in [0.717, 1.165) is 46.6 Å². The summed E-state index contributed by atoms with van der Waals surface area (Å²) in [4.78, 5) is 34.5. The Morgan fingerprint density at radius 2 is 2.24 bits per heavy atom. The predicted molar refractivity (Wildman–Crippen MR) is 118 cm³/mol. The van der Waals surface area contributed by atoms with E-state index < -0.39 is 0 Å². The summed E-state index contributed by atoms with van der Waals surface area (Å²) >= 11 is 3.26. The fraction of sp³-hybridized carbons (Fsp3) is 0.476. The molecule has 3 heterocycles. The van der Waals surface area contributed by atoms with Crippen molar-refractivity contribution < 1.29 is 9.21 Å². The number of hydrogen-bond donors (Lipinski definition) is 2. The molecule has 1 unspecified atom stereocenters. The summed E-state index contributed by atoms with van der Waals surface area (Å²) in [5.74, 6) is 3.65. The smallest absolute Gasteiger partial charge is 0.259 e. The molecule has 3 aromatic heterocycles. The molecule has 29 heavy (non-hydrogen) atoms. The third-order valence-electron chi connectivity index (χ3n) is 5.26. The van der Waals surface area contributed by atoms with E-state index in [1.54, 1.807) is 23.1 Å². The molecule has 6 nitrogen and oxygen atoms in total. The highest BCUT2D eigenvalue weighted by molar-refractivity contribution is 7.98. The Kier molecular flexibility index (Phi) is 5.83. The summed E-state index contributed by atoms with van der Waals surface area (Å²) in [6, 6.07) is 1.89. The average Bonchev–Trinajstić information content (AvgIpc) is 3.32. The summed E-state index contributed by atoms with van der Waals surface area (Å²) < 4.78 is 5.53. The predicted octanol–water partition coefficient (Wildman–Crippen LogP) is 4.18. The van der Waals surface area contributed by atoms with E-state index in [1.165, 1.54) is 10.4 Å². The Bertz CT molecular complexity index is 1110. The second-order valence-electron chi connectivity index (χ2n) is 7.51. The van der Waals surface area contributed by atoms with Crippen LogP contribution < -0.4 is 10.9 Å². The number of aryl methyl sites for hydroxylation is 4. The number of hydrogen-bond acceptors (Lipinski definition) is 6. The molecule has 0 saturated heterocycles. The minimum atomic E-state index is -0.0776. The van der Waals surface area contributed by atoms with Crippen molar-refractivity contribution in [3.05, 3.63) is 49.8 Å². The van der Waals surface area contributed by atoms with Gasteiger partial charge in [0, 0.05) is 22.6 Å². The molecule has 1 atom stereocenters. The molecular weight excluding hydrogens is 406 g/mol. The minimum Gasteiger partial charge on any atom is -0.466 e. The maximum atomic E-state index is 12.5. The lowest BCUT2D eigenvalue weighted by atomic mass is 10.1. The van der Waals surface area contributed by atoms with Crippen molar-refractivity contribution in [1.82, 2.24) is 15.3 Å².